The smallest absolute Gasteiger partial charge is 0.270 e. The zero-order chi connectivity index (χ0) is 20.6. The Morgan fingerprint density at radius 1 is 1.00 bits per heavy atom. The maximum Gasteiger partial charge on any atom is 0.270 e. The molecule has 1 aliphatic heterocycles. The average molecular weight is 385 g/mol. The van der Waals surface area contributed by atoms with Gasteiger partial charge in [0.1, 0.15) is 11.5 Å². The second kappa shape index (κ2) is 7.58. The fourth-order valence-electron chi connectivity index (χ4n) is 3.78. The van der Waals surface area contributed by atoms with Crippen LogP contribution in [0.4, 0.5) is 10.1 Å². The Kier molecular flexibility index (Phi) is 5.36. The van der Waals surface area contributed by atoms with Crippen LogP contribution in [0.1, 0.15) is 56.3 Å². The monoisotopic (exact) mass is 385 g/mol. The highest BCUT2D eigenvalue weighted by molar-refractivity contribution is 6.02. The molecule has 0 radical (unpaired) electrons. The molecule has 1 aliphatic rings. The van der Waals surface area contributed by atoms with Gasteiger partial charge in [-0.15, -0.1) is 0 Å². The number of amides is 1. The number of nitrogens with zero attached hydrogens (tertiary/aromatic N) is 2. The fourth-order valence-corrected chi connectivity index (χ4v) is 3.78. The number of aromatic nitrogens is 1. The summed E-state index contributed by atoms with van der Waals surface area (Å²) in [6.07, 6.45) is 0. The Balaban J connectivity index is 1.72. The van der Waals surface area contributed by atoms with Gasteiger partial charge >= 0.3 is 0 Å². The molecule has 1 fully saturated rings. The molecule has 1 amide bonds. The number of aryl methyl sites for hydroxylation is 1. The summed E-state index contributed by atoms with van der Waals surface area (Å²) in [5.41, 5.74) is 3.14. The fraction of sp³-hybridized carbons (Fsp3) is 0.381. The van der Waals surface area contributed by atoms with Crippen molar-refractivity contribution in [1.82, 2.24) is 9.88 Å². The molecule has 1 aromatic heterocycles. The summed E-state index contributed by atoms with van der Waals surface area (Å²) in [5.74, 6) is -0.837. The number of Topliss-reactive ketones (excluding diaryl/α,β-unsaturated/α-hetero) is 2. The standard InChI is InChI=1S/C21H24FN3O3/c1-12-19(15(4)27)13(2)23-20(12)21(28)25-9-7-24(8-10-25)18-6-5-16(14(3)26)11-17(18)22/h5-6,11,23H,7-10H2,1-4H3. The van der Waals surface area contributed by atoms with E-state index in [4.69, 9.17) is 0 Å². The van der Waals surface area contributed by atoms with Crippen molar-refractivity contribution < 1.29 is 18.8 Å². The third-order valence-corrected chi connectivity index (χ3v) is 5.27. The quantitative estimate of drug-likeness (QED) is 0.821. The largest absolute Gasteiger partial charge is 0.366 e. The maximum atomic E-state index is 14.4. The number of aromatic amines is 1. The van der Waals surface area contributed by atoms with Crippen molar-refractivity contribution in [3.8, 4) is 0 Å². The first-order valence-electron chi connectivity index (χ1n) is 9.25. The Hall–Kier alpha value is -2.96. The van der Waals surface area contributed by atoms with E-state index in [1.807, 2.05) is 4.90 Å². The summed E-state index contributed by atoms with van der Waals surface area (Å²) >= 11 is 0. The topological polar surface area (TPSA) is 73.5 Å². The van der Waals surface area contributed by atoms with Crippen molar-refractivity contribution in [3.63, 3.8) is 0 Å². The second-order valence-corrected chi connectivity index (χ2v) is 7.18. The van der Waals surface area contributed by atoms with E-state index in [1.54, 1.807) is 30.9 Å². The molecule has 0 unspecified atom stereocenters. The molecular formula is C21H24FN3O3. The summed E-state index contributed by atoms with van der Waals surface area (Å²) in [4.78, 5) is 42.7. The van der Waals surface area contributed by atoms with E-state index in [9.17, 15) is 18.8 Å². The van der Waals surface area contributed by atoms with Crippen molar-refractivity contribution in [2.45, 2.75) is 27.7 Å². The van der Waals surface area contributed by atoms with Crippen molar-refractivity contribution in [3.05, 3.63) is 52.1 Å². The van der Waals surface area contributed by atoms with Crippen LogP contribution in [0.5, 0.6) is 0 Å². The third kappa shape index (κ3) is 3.56. The van der Waals surface area contributed by atoms with Gasteiger partial charge in [0.25, 0.3) is 5.91 Å². The molecule has 148 valence electrons. The van der Waals surface area contributed by atoms with Crippen LogP contribution in [0.3, 0.4) is 0 Å². The van der Waals surface area contributed by atoms with Gasteiger partial charge in [0.05, 0.1) is 5.69 Å². The molecule has 0 atom stereocenters. The van der Waals surface area contributed by atoms with E-state index in [1.165, 1.54) is 19.9 Å². The van der Waals surface area contributed by atoms with Crippen LogP contribution in [0, 0.1) is 19.7 Å². The number of hydrogen-bond donors (Lipinski definition) is 1. The van der Waals surface area contributed by atoms with Crippen LogP contribution < -0.4 is 4.90 Å². The number of piperazine rings is 1. The summed E-state index contributed by atoms with van der Waals surface area (Å²) < 4.78 is 14.4. The molecule has 0 aliphatic carbocycles. The SMILES string of the molecule is CC(=O)c1ccc(N2CCN(C(=O)c3[nH]c(C)c(C(C)=O)c3C)CC2)c(F)c1. The van der Waals surface area contributed by atoms with Crippen LogP contribution >= 0.6 is 0 Å². The minimum Gasteiger partial charge on any atom is -0.366 e. The van der Waals surface area contributed by atoms with E-state index in [0.29, 0.717) is 59.9 Å². The maximum absolute atomic E-state index is 14.4. The Morgan fingerprint density at radius 2 is 1.64 bits per heavy atom. The Labute approximate surface area is 163 Å². The number of H-pyrrole nitrogens is 1. The average Bonchev–Trinajstić information content (AvgIpc) is 2.95. The Morgan fingerprint density at radius 3 is 2.14 bits per heavy atom. The summed E-state index contributed by atoms with van der Waals surface area (Å²) in [6.45, 7) is 8.31. The first kappa shape index (κ1) is 19.8. The molecule has 2 aromatic rings. The summed E-state index contributed by atoms with van der Waals surface area (Å²) in [7, 11) is 0. The predicted octanol–water partition coefficient (Wildman–Crippen LogP) is 3.14. The van der Waals surface area contributed by atoms with Gasteiger partial charge < -0.3 is 14.8 Å². The third-order valence-electron chi connectivity index (χ3n) is 5.27. The van der Waals surface area contributed by atoms with Gasteiger partial charge in [0.2, 0.25) is 0 Å². The zero-order valence-corrected chi connectivity index (χ0v) is 16.6. The highest BCUT2D eigenvalue weighted by Crippen LogP contribution is 2.24. The van der Waals surface area contributed by atoms with E-state index < -0.39 is 5.82 Å². The molecule has 1 saturated heterocycles. The number of carbonyl (C=O) groups excluding carboxylic acids is 3. The number of benzene rings is 1. The van der Waals surface area contributed by atoms with Crippen LogP contribution in [0.25, 0.3) is 0 Å². The number of rotatable bonds is 4. The molecule has 0 saturated carbocycles. The van der Waals surface area contributed by atoms with Gasteiger partial charge in [0, 0.05) is 43.0 Å². The molecule has 1 aromatic carbocycles. The molecule has 0 bridgehead atoms. The molecule has 28 heavy (non-hydrogen) atoms. The minimum absolute atomic E-state index is 0.0698. The minimum atomic E-state index is -0.436. The lowest BCUT2D eigenvalue weighted by Gasteiger charge is -2.36. The second-order valence-electron chi connectivity index (χ2n) is 7.18. The molecule has 7 heteroatoms. The molecule has 6 nitrogen and oxygen atoms in total. The van der Waals surface area contributed by atoms with Gasteiger partial charge in [0.15, 0.2) is 11.6 Å². The summed E-state index contributed by atoms with van der Waals surface area (Å²) in [5, 5.41) is 0. The molecule has 3 rings (SSSR count). The summed E-state index contributed by atoms with van der Waals surface area (Å²) in [6, 6.07) is 4.48. The molecular weight excluding hydrogens is 361 g/mol. The van der Waals surface area contributed by atoms with Crippen molar-refractivity contribution in [2.24, 2.45) is 0 Å². The lowest BCUT2D eigenvalue weighted by molar-refractivity contribution is 0.0740. The van der Waals surface area contributed by atoms with Crippen LogP contribution in [0.15, 0.2) is 18.2 Å². The normalized spacial score (nSPS) is 14.3. The number of hydrogen-bond acceptors (Lipinski definition) is 4. The van der Waals surface area contributed by atoms with E-state index in [2.05, 4.69) is 4.98 Å². The number of nitrogens with one attached hydrogen (secondary N) is 1. The number of carbonyl (C=O) groups is 3. The zero-order valence-electron chi connectivity index (χ0n) is 16.6. The van der Waals surface area contributed by atoms with Crippen molar-refractivity contribution >= 4 is 23.2 Å². The van der Waals surface area contributed by atoms with Crippen LogP contribution in [-0.2, 0) is 0 Å². The van der Waals surface area contributed by atoms with Crippen molar-refractivity contribution in [1.29, 1.82) is 0 Å². The van der Waals surface area contributed by atoms with Gasteiger partial charge in [-0.3, -0.25) is 14.4 Å². The van der Waals surface area contributed by atoms with Crippen LogP contribution in [-0.4, -0.2) is 53.5 Å². The van der Waals surface area contributed by atoms with Crippen molar-refractivity contribution in [2.75, 3.05) is 31.1 Å². The van der Waals surface area contributed by atoms with E-state index in [-0.39, 0.29) is 17.5 Å². The van der Waals surface area contributed by atoms with Gasteiger partial charge in [-0.1, -0.05) is 0 Å². The number of halogens is 1. The Bertz CT molecular complexity index is 956. The van der Waals surface area contributed by atoms with Gasteiger partial charge in [-0.05, 0) is 51.5 Å². The predicted molar refractivity (Wildman–Crippen MR) is 105 cm³/mol. The molecule has 0 spiro atoms. The van der Waals surface area contributed by atoms with E-state index in [0.717, 1.165) is 0 Å². The highest BCUT2D eigenvalue weighted by Gasteiger charge is 2.27. The number of ketones is 2. The van der Waals surface area contributed by atoms with E-state index >= 15 is 0 Å². The molecule has 2 heterocycles. The lowest BCUT2D eigenvalue weighted by atomic mass is 10.1. The highest BCUT2D eigenvalue weighted by atomic mass is 19.1. The van der Waals surface area contributed by atoms with Crippen LogP contribution in [0.2, 0.25) is 0 Å². The van der Waals surface area contributed by atoms with Gasteiger partial charge in [-0.2, -0.15) is 0 Å². The lowest BCUT2D eigenvalue weighted by Crippen LogP contribution is -2.49. The first-order valence-corrected chi connectivity index (χ1v) is 9.25. The molecule has 1 N–H and O–H groups in total. The van der Waals surface area contributed by atoms with Gasteiger partial charge in [-0.25, -0.2) is 4.39 Å². The first-order chi connectivity index (χ1) is 13.2. The number of anilines is 1.